The Bertz CT molecular complexity index is 389. The standard InChI is InChI=1S/C15H26N2O3/c1-10-8-17(9-12(10)13(16)18)14(19)15(2,3)11-4-6-20-7-5-11/h10-12H,4-9H2,1-3H3,(H2,16,18)/t10-,12-/m1/s1. The fourth-order valence-electron chi connectivity index (χ4n) is 3.50. The second kappa shape index (κ2) is 5.72. The lowest BCUT2D eigenvalue weighted by molar-refractivity contribution is -0.144. The van der Waals surface area contributed by atoms with Crippen LogP contribution in [0.4, 0.5) is 0 Å². The first-order valence-corrected chi connectivity index (χ1v) is 7.50. The van der Waals surface area contributed by atoms with Crippen molar-refractivity contribution in [1.82, 2.24) is 4.90 Å². The minimum Gasteiger partial charge on any atom is -0.381 e. The number of hydrogen-bond acceptors (Lipinski definition) is 3. The lowest BCUT2D eigenvalue weighted by atomic mass is 9.73. The molecule has 0 radical (unpaired) electrons. The number of primary amides is 1. The van der Waals surface area contributed by atoms with Crippen molar-refractivity contribution in [3.8, 4) is 0 Å². The van der Waals surface area contributed by atoms with Crippen LogP contribution in [0.15, 0.2) is 0 Å². The van der Waals surface area contributed by atoms with Crippen LogP contribution in [0, 0.1) is 23.2 Å². The Morgan fingerprint density at radius 3 is 2.30 bits per heavy atom. The normalized spacial score (nSPS) is 28.6. The predicted molar refractivity (Wildman–Crippen MR) is 75.8 cm³/mol. The van der Waals surface area contributed by atoms with Crippen LogP contribution in [0.2, 0.25) is 0 Å². The molecule has 114 valence electrons. The third-order valence-electron chi connectivity index (χ3n) is 5.06. The minimum atomic E-state index is -0.393. The van der Waals surface area contributed by atoms with E-state index in [0.717, 1.165) is 26.1 Å². The van der Waals surface area contributed by atoms with E-state index in [1.807, 2.05) is 25.7 Å². The summed E-state index contributed by atoms with van der Waals surface area (Å²) >= 11 is 0. The van der Waals surface area contributed by atoms with E-state index in [4.69, 9.17) is 10.5 Å². The van der Waals surface area contributed by atoms with Crippen molar-refractivity contribution in [2.24, 2.45) is 28.9 Å². The summed E-state index contributed by atoms with van der Waals surface area (Å²) in [5.74, 6) is 0.162. The van der Waals surface area contributed by atoms with Crippen molar-refractivity contribution in [2.75, 3.05) is 26.3 Å². The molecular formula is C15H26N2O3. The van der Waals surface area contributed by atoms with Crippen LogP contribution in [-0.4, -0.2) is 43.0 Å². The van der Waals surface area contributed by atoms with Crippen LogP contribution in [0.25, 0.3) is 0 Å². The number of carbonyl (C=O) groups excluding carboxylic acids is 2. The number of rotatable bonds is 3. The Morgan fingerprint density at radius 2 is 1.80 bits per heavy atom. The van der Waals surface area contributed by atoms with Gasteiger partial charge in [-0.25, -0.2) is 0 Å². The van der Waals surface area contributed by atoms with Crippen molar-refractivity contribution in [3.05, 3.63) is 0 Å². The molecule has 0 aromatic rings. The summed E-state index contributed by atoms with van der Waals surface area (Å²) in [4.78, 5) is 26.0. The quantitative estimate of drug-likeness (QED) is 0.840. The van der Waals surface area contributed by atoms with Crippen molar-refractivity contribution >= 4 is 11.8 Å². The molecule has 20 heavy (non-hydrogen) atoms. The highest BCUT2D eigenvalue weighted by molar-refractivity contribution is 5.84. The van der Waals surface area contributed by atoms with Gasteiger partial charge in [0.15, 0.2) is 0 Å². The van der Waals surface area contributed by atoms with E-state index in [-0.39, 0.29) is 23.7 Å². The summed E-state index contributed by atoms with van der Waals surface area (Å²) in [6.07, 6.45) is 1.86. The Hall–Kier alpha value is -1.10. The molecule has 0 aromatic heterocycles. The number of likely N-dealkylation sites (tertiary alicyclic amines) is 1. The van der Waals surface area contributed by atoms with Gasteiger partial charge in [0, 0.05) is 31.7 Å². The Morgan fingerprint density at radius 1 is 1.20 bits per heavy atom. The SMILES string of the molecule is C[C@@H]1CN(C(=O)C(C)(C)C2CCOCC2)C[C@H]1C(N)=O. The molecule has 2 rings (SSSR count). The van der Waals surface area contributed by atoms with Gasteiger partial charge >= 0.3 is 0 Å². The first-order chi connectivity index (χ1) is 9.34. The second-order valence-corrected chi connectivity index (χ2v) is 6.80. The van der Waals surface area contributed by atoms with Gasteiger partial charge in [0.1, 0.15) is 0 Å². The zero-order valence-electron chi connectivity index (χ0n) is 12.7. The van der Waals surface area contributed by atoms with Crippen LogP contribution in [0.1, 0.15) is 33.6 Å². The average molecular weight is 282 g/mol. The zero-order chi connectivity index (χ0) is 14.9. The van der Waals surface area contributed by atoms with E-state index < -0.39 is 5.41 Å². The summed E-state index contributed by atoms with van der Waals surface area (Å²) in [6.45, 7) is 8.62. The lowest BCUT2D eigenvalue weighted by Crippen LogP contribution is -2.45. The van der Waals surface area contributed by atoms with Gasteiger partial charge in [-0.2, -0.15) is 0 Å². The summed E-state index contributed by atoms with van der Waals surface area (Å²) < 4.78 is 5.38. The topological polar surface area (TPSA) is 72.6 Å². The number of nitrogens with two attached hydrogens (primary N) is 1. The second-order valence-electron chi connectivity index (χ2n) is 6.80. The fraction of sp³-hybridized carbons (Fsp3) is 0.867. The Labute approximate surface area is 120 Å². The summed E-state index contributed by atoms with van der Waals surface area (Å²) in [5, 5.41) is 0. The molecular weight excluding hydrogens is 256 g/mol. The largest absolute Gasteiger partial charge is 0.381 e. The number of nitrogens with zero attached hydrogens (tertiary/aromatic N) is 1. The molecule has 2 atom stereocenters. The number of ether oxygens (including phenoxy) is 1. The molecule has 2 saturated heterocycles. The van der Waals surface area contributed by atoms with E-state index in [1.54, 1.807) is 0 Å². The molecule has 0 aromatic carbocycles. The van der Waals surface area contributed by atoms with Crippen LogP contribution in [0.3, 0.4) is 0 Å². The van der Waals surface area contributed by atoms with E-state index >= 15 is 0 Å². The summed E-state index contributed by atoms with van der Waals surface area (Å²) in [5.41, 5.74) is 5.02. The molecule has 0 saturated carbocycles. The van der Waals surface area contributed by atoms with Crippen LogP contribution in [0.5, 0.6) is 0 Å². The Balaban J connectivity index is 2.05. The van der Waals surface area contributed by atoms with E-state index in [0.29, 0.717) is 19.0 Å². The molecule has 5 nitrogen and oxygen atoms in total. The molecule has 2 heterocycles. The van der Waals surface area contributed by atoms with Gasteiger partial charge in [-0.1, -0.05) is 20.8 Å². The summed E-state index contributed by atoms with van der Waals surface area (Å²) in [6, 6.07) is 0. The van der Waals surface area contributed by atoms with Crippen molar-refractivity contribution in [1.29, 1.82) is 0 Å². The van der Waals surface area contributed by atoms with Gasteiger partial charge in [-0.05, 0) is 24.7 Å². The lowest BCUT2D eigenvalue weighted by Gasteiger charge is -2.38. The number of carbonyl (C=O) groups is 2. The van der Waals surface area contributed by atoms with E-state index in [2.05, 4.69) is 0 Å². The molecule has 2 amide bonds. The van der Waals surface area contributed by atoms with E-state index in [9.17, 15) is 9.59 Å². The molecule has 2 N–H and O–H groups in total. The van der Waals surface area contributed by atoms with Gasteiger partial charge in [0.25, 0.3) is 0 Å². The smallest absolute Gasteiger partial charge is 0.228 e. The molecule has 2 aliphatic rings. The molecule has 0 spiro atoms. The van der Waals surface area contributed by atoms with Crippen molar-refractivity contribution < 1.29 is 14.3 Å². The minimum absolute atomic E-state index is 0.153. The zero-order valence-corrected chi connectivity index (χ0v) is 12.7. The van der Waals surface area contributed by atoms with Gasteiger partial charge in [0.2, 0.25) is 11.8 Å². The average Bonchev–Trinajstić information content (AvgIpc) is 2.81. The highest BCUT2D eigenvalue weighted by Gasteiger charge is 2.44. The van der Waals surface area contributed by atoms with Crippen molar-refractivity contribution in [2.45, 2.75) is 33.6 Å². The molecule has 0 bridgehead atoms. The Kier molecular flexibility index (Phi) is 4.37. The maximum atomic E-state index is 12.8. The van der Waals surface area contributed by atoms with Gasteiger partial charge < -0.3 is 15.4 Å². The monoisotopic (exact) mass is 282 g/mol. The highest BCUT2D eigenvalue weighted by Crippen LogP contribution is 2.38. The first kappa shape index (κ1) is 15.3. The third kappa shape index (κ3) is 2.82. The van der Waals surface area contributed by atoms with Gasteiger partial charge in [-0.15, -0.1) is 0 Å². The fourth-order valence-corrected chi connectivity index (χ4v) is 3.50. The predicted octanol–water partition coefficient (Wildman–Crippen LogP) is 1.02. The highest BCUT2D eigenvalue weighted by atomic mass is 16.5. The molecule has 5 heteroatoms. The summed E-state index contributed by atoms with van der Waals surface area (Å²) in [7, 11) is 0. The maximum Gasteiger partial charge on any atom is 0.228 e. The molecule has 2 aliphatic heterocycles. The molecule has 2 fully saturated rings. The number of amides is 2. The van der Waals surface area contributed by atoms with Gasteiger partial charge in [0.05, 0.1) is 5.92 Å². The first-order valence-electron chi connectivity index (χ1n) is 7.50. The van der Waals surface area contributed by atoms with E-state index in [1.165, 1.54) is 0 Å². The maximum absolute atomic E-state index is 12.8. The number of hydrogen-bond donors (Lipinski definition) is 1. The molecule has 0 aliphatic carbocycles. The van der Waals surface area contributed by atoms with Crippen LogP contribution < -0.4 is 5.73 Å². The van der Waals surface area contributed by atoms with Crippen molar-refractivity contribution in [3.63, 3.8) is 0 Å². The van der Waals surface area contributed by atoms with Gasteiger partial charge in [-0.3, -0.25) is 9.59 Å². The third-order valence-corrected chi connectivity index (χ3v) is 5.06. The van der Waals surface area contributed by atoms with Crippen LogP contribution >= 0.6 is 0 Å². The van der Waals surface area contributed by atoms with Crippen LogP contribution in [-0.2, 0) is 14.3 Å². The molecule has 0 unspecified atom stereocenters.